The molecule has 1 N–H and O–H groups in total. The van der Waals surface area contributed by atoms with Crippen molar-refractivity contribution in [2.45, 2.75) is 51.7 Å². The quantitative estimate of drug-likeness (QED) is 0.854. The van der Waals surface area contributed by atoms with Crippen LogP contribution in [0.3, 0.4) is 0 Å². The fourth-order valence-corrected chi connectivity index (χ4v) is 3.06. The summed E-state index contributed by atoms with van der Waals surface area (Å²) in [5, 5.41) is 3.16. The third-order valence-corrected chi connectivity index (χ3v) is 4.10. The Morgan fingerprint density at radius 3 is 2.85 bits per heavy atom. The maximum absolute atomic E-state index is 12.5. The van der Waals surface area contributed by atoms with Crippen molar-refractivity contribution in [2.24, 2.45) is 0 Å². The number of rotatable bonds is 1. The second kappa shape index (κ2) is 5.35. The molecular weight excluding hydrogens is 252 g/mol. The predicted octanol–water partition coefficient (Wildman–Crippen LogP) is 3.23. The van der Waals surface area contributed by atoms with E-state index in [1.54, 1.807) is 0 Å². The molecule has 1 heterocycles. The Bertz CT molecular complexity index is 509. The summed E-state index contributed by atoms with van der Waals surface area (Å²) in [5.41, 5.74) is 2.03. The second-order valence-electron chi connectivity index (χ2n) is 5.94. The molecule has 0 aromatic heterocycles. The minimum absolute atomic E-state index is 0.0129. The van der Waals surface area contributed by atoms with Crippen LogP contribution in [0.25, 0.3) is 0 Å². The maximum Gasteiger partial charge on any atom is 0.322 e. The Labute approximate surface area is 120 Å². The number of amides is 2. The van der Waals surface area contributed by atoms with Gasteiger partial charge in [0.1, 0.15) is 11.9 Å². The molecule has 1 aliphatic carbocycles. The van der Waals surface area contributed by atoms with Gasteiger partial charge in [-0.15, -0.1) is 0 Å². The first kappa shape index (κ1) is 13.3. The zero-order valence-electron chi connectivity index (χ0n) is 12.2. The molecule has 1 unspecified atom stereocenters. The molecule has 0 spiro atoms. The SMILES string of the molecule is Cc1ccc2c(c1)N(C(=O)NC1CCCC1)CC(C)O2. The number of urea groups is 1. The van der Waals surface area contributed by atoms with Crippen LogP contribution in [-0.4, -0.2) is 24.7 Å². The van der Waals surface area contributed by atoms with Crippen LogP contribution in [0.4, 0.5) is 10.5 Å². The Kier molecular flexibility index (Phi) is 3.55. The first-order chi connectivity index (χ1) is 9.63. The molecule has 1 saturated carbocycles. The zero-order valence-corrected chi connectivity index (χ0v) is 12.2. The van der Waals surface area contributed by atoms with Gasteiger partial charge in [0.05, 0.1) is 12.2 Å². The lowest BCUT2D eigenvalue weighted by Gasteiger charge is -2.34. The van der Waals surface area contributed by atoms with E-state index in [0.29, 0.717) is 12.6 Å². The first-order valence-corrected chi connectivity index (χ1v) is 7.49. The van der Waals surface area contributed by atoms with E-state index in [9.17, 15) is 4.79 Å². The van der Waals surface area contributed by atoms with Gasteiger partial charge in [-0.05, 0) is 44.4 Å². The van der Waals surface area contributed by atoms with Gasteiger partial charge in [-0.25, -0.2) is 4.79 Å². The van der Waals surface area contributed by atoms with Gasteiger partial charge in [-0.1, -0.05) is 18.9 Å². The molecule has 0 radical (unpaired) electrons. The van der Waals surface area contributed by atoms with Crippen molar-refractivity contribution in [1.29, 1.82) is 0 Å². The van der Waals surface area contributed by atoms with E-state index in [4.69, 9.17) is 4.74 Å². The zero-order chi connectivity index (χ0) is 14.1. The highest BCUT2D eigenvalue weighted by Gasteiger charge is 2.29. The second-order valence-corrected chi connectivity index (χ2v) is 5.94. The average Bonchev–Trinajstić information content (AvgIpc) is 2.91. The number of nitrogens with zero attached hydrogens (tertiary/aromatic N) is 1. The van der Waals surface area contributed by atoms with Crippen LogP contribution in [0.15, 0.2) is 18.2 Å². The monoisotopic (exact) mass is 274 g/mol. The number of ether oxygens (including phenoxy) is 1. The minimum Gasteiger partial charge on any atom is -0.487 e. The molecule has 2 amide bonds. The molecule has 20 heavy (non-hydrogen) atoms. The highest BCUT2D eigenvalue weighted by molar-refractivity contribution is 5.94. The van der Waals surface area contributed by atoms with E-state index < -0.39 is 0 Å². The fraction of sp³-hybridized carbons (Fsp3) is 0.562. The highest BCUT2D eigenvalue weighted by Crippen LogP contribution is 2.34. The molecule has 4 nitrogen and oxygen atoms in total. The summed E-state index contributed by atoms with van der Waals surface area (Å²) < 4.78 is 5.82. The van der Waals surface area contributed by atoms with Crippen molar-refractivity contribution in [1.82, 2.24) is 5.32 Å². The van der Waals surface area contributed by atoms with Crippen LogP contribution in [0.1, 0.15) is 38.2 Å². The lowest BCUT2D eigenvalue weighted by molar-refractivity contribution is 0.204. The third kappa shape index (κ3) is 2.60. The van der Waals surface area contributed by atoms with Gasteiger partial charge in [0.25, 0.3) is 0 Å². The van der Waals surface area contributed by atoms with E-state index in [1.807, 2.05) is 36.9 Å². The van der Waals surface area contributed by atoms with Crippen LogP contribution in [0.5, 0.6) is 5.75 Å². The van der Waals surface area contributed by atoms with Crippen molar-refractivity contribution < 1.29 is 9.53 Å². The normalized spacial score (nSPS) is 22.3. The van der Waals surface area contributed by atoms with E-state index in [2.05, 4.69) is 5.32 Å². The van der Waals surface area contributed by atoms with E-state index >= 15 is 0 Å². The maximum atomic E-state index is 12.5. The van der Waals surface area contributed by atoms with Gasteiger partial charge in [0, 0.05) is 6.04 Å². The standard InChI is InChI=1S/C16H22N2O2/c1-11-7-8-15-14(9-11)18(10-12(2)20-15)16(19)17-13-5-3-4-6-13/h7-9,12-13H,3-6,10H2,1-2H3,(H,17,19). The van der Waals surface area contributed by atoms with Crippen LogP contribution in [0, 0.1) is 6.92 Å². The topological polar surface area (TPSA) is 41.6 Å². The van der Waals surface area contributed by atoms with Gasteiger partial charge in [-0.2, -0.15) is 0 Å². The molecule has 0 bridgehead atoms. The number of carbonyl (C=O) groups excluding carboxylic acids is 1. The number of fused-ring (bicyclic) bond motifs is 1. The number of hydrogen-bond acceptors (Lipinski definition) is 2. The highest BCUT2D eigenvalue weighted by atomic mass is 16.5. The fourth-order valence-electron chi connectivity index (χ4n) is 3.06. The van der Waals surface area contributed by atoms with Gasteiger partial charge in [0.2, 0.25) is 0 Å². The summed E-state index contributed by atoms with van der Waals surface area (Å²) in [7, 11) is 0. The molecule has 1 fully saturated rings. The first-order valence-electron chi connectivity index (χ1n) is 7.49. The molecule has 108 valence electrons. The third-order valence-electron chi connectivity index (χ3n) is 4.10. The molecule has 1 atom stereocenters. The molecular formula is C16H22N2O2. The Balaban J connectivity index is 1.81. The Morgan fingerprint density at radius 1 is 1.35 bits per heavy atom. The van der Waals surface area contributed by atoms with Gasteiger partial charge in [0.15, 0.2) is 0 Å². The van der Waals surface area contributed by atoms with Crippen molar-refractivity contribution in [2.75, 3.05) is 11.4 Å². The molecule has 2 aliphatic rings. The minimum atomic E-state index is 0.0129. The lowest BCUT2D eigenvalue weighted by Crippen LogP contribution is -2.49. The van der Waals surface area contributed by atoms with E-state index in [1.165, 1.54) is 12.8 Å². The van der Waals surface area contributed by atoms with Gasteiger partial charge in [-0.3, -0.25) is 4.90 Å². The largest absolute Gasteiger partial charge is 0.487 e. The van der Waals surface area contributed by atoms with Crippen molar-refractivity contribution in [3.05, 3.63) is 23.8 Å². The number of anilines is 1. The van der Waals surface area contributed by atoms with Crippen molar-refractivity contribution >= 4 is 11.7 Å². The molecule has 3 rings (SSSR count). The summed E-state index contributed by atoms with van der Waals surface area (Å²) in [6.45, 7) is 4.64. The number of carbonyl (C=O) groups is 1. The van der Waals surface area contributed by atoms with Gasteiger partial charge >= 0.3 is 6.03 Å². The molecule has 0 saturated heterocycles. The molecule has 1 aromatic carbocycles. The predicted molar refractivity (Wildman–Crippen MR) is 79.4 cm³/mol. The van der Waals surface area contributed by atoms with Crippen LogP contribution >= 0.6 is 0 Å². The summed E-state index contributed by atoms with van der Waals surface area (Å²) in [6, 6.07) is 6.35. The Morgan fingerprint density at radius 2 is 2.10 bits per heavy atom. The van der Waals surface area contributed by atoms with E-state index in [-0.39, 0.29) is 12.1 Å². The average molecular weight is 274 g/mol. The lowest BCUT2D eigenvalue weighted by atomic mass is 10.1. The smallest absolute Gasteiger partial charge is 0.322 e. The van der Waals surface area contributed by atoms with Crippen LogP contribution in [-0.2, 0) is 0 Å². The number of aryl methyl sites for hydroxylation is 1. The number of nitrogens with one attached hydrogen (secondary N) is 1. The summed E-state index contributed by atoms with van der Waals surface area (Å²) in [5.74, 6) is 0.802. The van der Waals surface area contributed by atoms with Crippen LogP contribution < -0.4 is 15.0 Å². The Hall–Kier alpha value is -1.71. The number of benzene rings is 1. The van der Waals surface area contributed by atoms with E-state index in [0.717, 1.165) is 29.8 Å². The number of hydrogen-bond donors (Lipinski definition) is 1. The molecule has 4 heteroatoms. The summed E-state index contributed by atoms with van der Waals surface area (Å²) >= 11 is 0. The summed E-state index contributed by atoms with van der Waals surface area (Å²) in [6.07, 6.45) is 4.68. The molecule has 1 aromatic rings. The van der Waals surface area contributed by atoms with Crippen LogP contribution in [0.2, 0.25) is 0 Å². The molecule has 1 aliphatic heterocycles. The van der Waals surface area contributed by atoms with Crippen molar-refractivity contribution in [3.63, 3.8) is 0 Å². The summed E-state index contributed by atoms with van der Waals surface area (Å²) in [4.78, 5) is 14.4. The van der Waals surface area contributed by atoms with Gasteiger partial charge < -0.3 is 10.1 Å². The van der Waals surface area contributed by atoms with Crippen molar-refractivity contribution in [3.8, 4) is 5.75 Å².